The van der Waals surface area contributed by atoms with Gasteiger partial charge in [0.15, 0.2) is 0 Å². The Morgan fingerprint density at radius 2 is 1.89 bits per heavy atom. The Hall–Kier alpha value is -2.12. The molecule has 0 aliphatic rings. The second-order valence-electron chi connectivity index (χ2n) is 6.32. The third-order valence-electron chi connectivity index (χ3n) is 4.41. The van der Waals surface area contributed by atoms with Crippen LogP contribution < -0.4 is 0 Å². The summed E-state index contributed by atoms with van der Waals surface area (Å²) in [6.07, 6.45) is 1.85. The molecule has 0 aliphatic carbocycles. The Bertz CT molecular complexity index is 1070. The third-order valence-corrected chi connectivity index (χ3v) is 5.93. The highest BCUT2D eigenvalue weighted by atomic mass is 127. The predicted molar refractivity (Wildman–Crippen MR) is 118 cm³/mol. The Morgan fingerprint density at radius 3 is 2.52 bits per heavy atom. The van der Waals surface area contributed by atoms with Crippen molar-refractivity contribution in [1.29, 1.82) is 0 Å². The first-order valence-corrected chi connectivity index (χ1v) is 9.76. The third kappa shape index (κ3) is 4.09. The van der Waals surface area contributed by atoms with Crippen LogP contribution in [-0.2, 0) is 0 Å². The van der Waals surface area contributed by atoms with Crippen molar-refractivity contribution in [2.75, 3.05) is 0 Å². The number of aliphatic imine (C=N–C) groups is 1. The van der Waals surface area contributed by atoms with Crippen LogP contribution in [0.3, 0.4) is 0 Å². The van der Waals surface area contributed by atoms with Crippen molar-refractivity contribution in [2.45, 2.75) is 20.8 Å². The quantitative estimate of drug-likeness (QED) is 0.353. The van der Waals surface area contributed by atoms with Crippen LogP contribution in [-0.4, -0.2) is 21.9 Å². The van der Waals surface area contributed by atoms with Crippen LogP contribution in [0.15, 0.2) is 47.5 Å². The van der Waals surface area contributed by atoms with E-state index in [-0.39, 0.29) is 10.6 Å². The molecule has 1 aromatic heterocycles. The number of halogens is 2. The monoisotopic (exact) mass is 492 g/mol. The molecular weight excluding hydrogens is 475 g/mol. The van der Waals surface area contributed by atoms with Crippen LogP contribution in [0.1, 0.15) is 32.9 Å². The van der Waals surface area contributed by atoms with Gasteiger partial charge in [0.1, 0.15) is 0 Å². The molecule has 0 amide bonds. The molecule has 27 heavy (non-hydrogen) atoms. The summed E-state index contributed by atoms with van der Waals surface area (Å²) in [5.41, 5.74) is 6.06. The van der Waals surface area contributed by atoms with Crippen LogP contribution in [0.2, 0.25) is 5.02 Å². The lowest BCUT2D eigenvalue weighted by molar-refractivity contribution is 0.0697. The van der Waals surface area contributed by atoms with E-state index >= 15 is 0 Å². The molecule has 0 atom stereocenters. The summed E-state index contributed by atoms with van der Waals surface area (Å²) in [4.78, 5) is 15.8. The SMILES string of the molecule is Cc1cc(N=Cc2cc(C)n(-c3ccc(C(=O)O)c(Cl)c3)c2C)ccc1I. The number of carboxylic acids is 1. The van der Waals surface area contributed by atoms with E-state index in [2.05, 4.69) is 52.7 Å². The van der Waals surface area contributed by atoms with Gasteiger partial charge in [0.2, 0.25) is 0 Å². The lowest BCUT2D eigenvalue weighted by atomic mass is 10.2. The van der Waals surface area contributed by atoms with E-state index in [0.717, 1.165) is 28.3 Å². The van der Waals surface area contributed by atoms with Gasteiger partial charge in [-0.25, -0.2) is 4.79 Å². The van der Waals surface area contributed by atoms with Gasteiger partial charge >= 0.3 is 5.97 Å². The van der Waals surface area contributed by atoms with Crippen molar-refractivity contribution in [1.82, 2.24) is 4.57 Å². The van der Waals surface area contributed by atoms with Gasteiger partial charge in [-0.05, 0) is 91.4 Å². The fourth-order valence-corrected chi connectivity index (χ4v) is 3.58. The van der Waals surface area contributed by atoms with Crippen LogP contribution in [0.25, 0.3) is 5.69 Å². The van der Waals surface area contributed by atoms with Crippen LogP contribution in [0.4, 0.5) is 5.69 Å². The molecule has 1 heterocycles. The topological polar surface area (TPSA) is 54.6 Å². The van der Waals surface area contributed by atoms with E-state index in [0.29, 0.717) is 0 Å². The number of benzene rings is 2. The number of aromatic nitrogens is 1. The second-order valence-corrected chi connectivity index (χ2v) is 7.89. The minimum Gasteiger partial charge on any atom is -0.478 e. The predicted octanol–water partition coefficient (Wildman–Crippen LogP) is 6.11. The minimum atomic E-state index is -1.03. The van der Waals surface area contributed by atoms with Crippen molar-refractivity contribution in [3.63, 3.8) is 0 Å². The Balaban J connectivity index is 1.97. The number of hydrogen-bond acceptors (Lipinski definition) is 2. The average molecular weight is 493 g/mol. The maximum atomic E-state index is 11.2. The van der Waals surface area contributed by atoms with Gasteiger partial charge in [0.25, 0.3) is 0 Å². The van der Waals surface area contributed by atoms with E-state index in [4.69, 9.17) is 16.7 Å². The molecule has 3 rings (SSSR count). The summed E-state index contributed by atoms with van der Waals surface area (Å²) >= 11 is 8.44. The van der Waals surface area contributed by atoms with Crippen LogP contribution in [0, 0.1) is 24.3 Å². The number of carbonyl (C=O) groups is 1. The lowest BCUT2D eigenvalue weighted by Crippen LogP contribution is -2.02. The molecule has 1 N–H and O–H groups in total. The fourth-order valence-electron chi connectivity index (χ4n) is 2.99. The van der Waals surface area contributed by atoms with Crippen LogP contribution in [0.5, 0.6) is 0 Å². The van der Waals surface area contributed by atoms with Gasteiger partial charge in [0, 0.05) is 32.4 Å². The first-order valence-electron chi connectivity index (χ1n) is 8.30. The van der Waals surface area contributed by atoms with Gasteiger partial charge in [-0.15, -0.1) is 0 Å². The highest BCUT2D eigenvalue weighted by Crippen LogP contribution is 2.25. The summed E-state index contributed by atoms with van der Waals surface area (Å²) in [5, 5.41) is 9.37. The number of rotatable bonds is 4. The Kier molecular flexibility index (Phi) is 5.72. The summed E-state index contributed by atoms with van der Waals surface area (Å²) < 4.78 is 3.25. The summed E-state index contributed by atoms with van der Waals surface area (Å²) in [6.45, 7) is 6.07. The van der Waals surface area contributed by atoms with E-state index in [1.54, 1.807) is 12.1 Å². The maximum absolute atomic E-state index is 11.2. The van der Waals surface area contributed by atoms with Crippen molar-refractivity contribution < 1.29 is 9.90 Å². The molecular formula is C21H18ClIN2O2. The van der Waals surface area contributed by atoms with Crippen molar-refractivity contribution in [3.8, 4) is 5.69 Å². The molecule has 0 spiro atoms. The molecule has 0 fully saturated rings. The zero-order valence-corrected chi connectivity index (χ0v) is 18.0. The zero-order valence-electron chi connectivity index (χ0n) is 15.1. The molecule has 0 aliphatic heterocycles. The first-order chi connectivity index (χ1) is 12.8. The van der Waals surface area contributed by atoms with Crippen molar-refractivity contribution >= 4 is 52.1 Å². The molecule has 0 saturated heterocycles. The van der Waals surface area contributed by atoms with Gasteiger partial charge in [-0.1, -0.05) is 11.6 Å². The molecule has 0 bridgehead atoms. The number of carboxylic acid groups (broad SMARTS) is 1. The van der Waals surface area contributed by atoms with Crippen molar-refractivity contribution in [2.24, 2.45) is 4.99 Å². The first kappa shape index (κ1) is 19.6. The normalized spacial score (nSPS) is 11.3. The molecule has 0 radical (unpaired) electrons. The smallest absolute Gasteiger partial charge is 0.337 e. The van der Waals surface area contributed by atoms with E-state index in [1.807, 2.05) is 30.7 Å². The number of aromatic carboxylic acids is 1. The molecule has 6 heteroatoms. The van der Waals surface area contributed by atoms with Crippen LogP contribution >= 0.6 is 34.2 Å². The molecule has 2 aromatic carbocycles. The molecule has 3 aromatic rings. The standard InChI is InChI=1S/C21H18ClIN2O2/c1-12-8-16(4-7-20(12)23)24-11-15-9-13(2)25(14(15)3)17-5-6-18(21(26)27)19(22)10-17/h4-11H,1-3H3,(H,26,27). The molecule has 138 valence electrons. The largest absolute Gasteiger partial charge is 0.478 e. The lowest BCUT2D eigenvalue weighted by Gasteiger charge is -2.11. The summed E-state index contributed by atoms with van der Waals surface area (Å²) in [7, 11) is 0. The maximum Gasteiger partial charge on any atom is 0.337 e. The van der Waals surface area contributed by atoms with E-state index < -0.39 is 5.97 Å². The average Bonchev–Trinajstić information content (AvgIpc) is 2.89. The number of aryl methyl sites for hydroxylation is 2. The number of nitrogens with zero attached hydrogens (tertiary/aromatic N) is 2. The van der Waals surface area contributed by atoms with Gasteiger partial charge in [-0.2, -0.15) is 0 Å². The highest BCUT2D eigenvalue weighted by molar-refractivity contribution is 14.1. The Morgan fingerprint density at radius 1 is 1.15 bits per heavy atom. The van der Waals surface area contributed by atoms with Gasteiger partial charge in [0.05, 0.1) is 16.3 Å². The fraction of sp³-hybridized carbons (Fsp3) is 0.143. The molecule has 4 nitrogen and oxygen atoms in total. The highest BCUT2D eigenvalue weighted by Gasteiger charge is 2.13. The van der Waals surface area contributed by atoms with E-state index in [1.165, 1.54) is 15.2 Å². The molecule has 0 saturated carbocycles. The van der Waals surface area contributed by atoms with Gasteiger partial charge < -0.3 is 9.67 Å². The summed E-state index contributed by atoms with van der Waals surface area (Å²) in [5.74, 6) is -1.03. The van der Waals surface area contributed by atoms with Crippen molar-refractivity contribution in [3.05, 3.63) is 79.1 Å². The number of hydrogen-bond donors (Lipinski definition) is 1. The molecule has 0 unspecified atom stereocenters. The Labute approximate surface area is 176 Å². The summed E-state index contributed by atoms with van der Waals surface area (Å²) in [6, 6.07) is 13.1. The minimum absolute atomic E-state index is 0.0961. The second kappa shape index (κ2) is 7.86. The zero-order chi connectivity index (χ0) is 19.7. The van der Waals surface area contributed by atoms with Gasteiger partial charge in [-0.3, -0.25) is 4.99 Å². The van der Waals surface area contributed by atoms with E-state index in [9.17, 15) is 4.79 Å².